The molecule has 1 atom stereocenters. The summed E-state index contributed by atoms with van der Waals surface area (Å²) in [4.78, 5) is 0. The molecule has 0 bridgehead atoms. The highest BCUT2D eigenvalue weighted by atomic mass is 35.5. The van der Waals surface area contributed by atoms with E-state index in [1.165, 1.54) is 24.4 Å². The monoisotopic (exact) mass is 405 g/mol. The maximum atomic E-state index is 13.9. The molecule has 27 heavy (non-hydrogen) atoms. The van der Waals surface area contributed by atoms with Crippen LogP contribution in [0.4, 0.5) is 23.2 Å². The molecule has 0 amide bonds. The van der Waals surface area contributed by atoms with E-state index in [0.29, 0.717) is 12.1 Å². The molecule has 0 fully saturated rings. The van der Waals surface area contributed by atoms with E-state index >= 15 is 0 Å². The zero-order valence-electron chi connectivity index (χ0n) is 13.7. The third-order valence-corrected chi connectivity index (χ3v) is 3.87. The third kappa shape index (κ3) is 5.25. The molecule has 0 radical (unpaired) electrons. The van der Waals surface area contributed by atoms with Gasteiger partial charge >= 0.3 is 6.18 Å². The summed E-state index contributed by atoms with van der Waals surface area (Å²) in [5, 5.41) is 21.1. The van der Waals surface area contributed by atoms with Crippen molar-refractivity contribution >= 4 is 17.3 Å². The van der Waals surface area contributed by atoms with Crippen molar-refractivity contribution in [2.45, 2.75) is 18.7 Å². The lowest BCUT2D eigenvalue weighted by molar-refractivity contribution is -0.137. The molecule has 0 saturated carbocycles. The van der Waals surface area contributed by atoms with Gasteiger partial charge in [-0.3, -0.25) is 5.01 Å². The number of hydrazine groups is 1. The number of halogens is 5. The van der Waals surface area contributed by atoms with E-state index in [-0.39, 0.29) is 34.1 Å². The van der Waals surface area contributed by atoms with Crippen molar-refractivity contribution in [3.63, 3.8) is 0 Å². The van der Waals surface area contributed by atoms with Gasteiger partial charge in [0.2, 0.25) is 0 Å². The number of phenols is 1. The van der Waals surface area contributed by atoms with Gasteiger partial charge in [-0.2, -0.15) is 13.2 Å². The molecule has 2 aromatic rings. The molecule has 0 saturated heterocycles. The lowest BCUT2D eigenvalue weighted by atomic mass is 10.0. The number of nitrogens with two attached hydrogens (primary N) is 2. The van der Waals surface area contributed by atoms with Crippen molar-refractivity contribution in [2.75, 3.05) is 5.01 Å². The van der Waals surface area contributed by atoms with E-state index in [1.807, 2.05) is 0 Å². The summed E-state index contributed by atoms with van der Waals surface area (Å²) in [6.45, 7) is 0. The molecule has 2 rings (SSSR count). The minimum absolute atomic E-state index is 0.00125. The van der Waals surface area contributed by atoms with Gasteiger partial charge in [-0.1, -0.05) is 17.7 Å². The normalized spacial score (nSPS) is 13.5. The summed E-state index contributed by atoms with van der Waals surface area (Å²) in [6, 6.07) is 5.98. The highest BCUT2D eigenvalue weighted by Crippen LogP contribution is 2.33. The number of alkyl halides is 3. The molecule has 0 aliphatic carbocycles. The van der Waals surface area contributed by atoms with Gasteiger partial charge in [0, 0.05) is 35.0 Å². The quantitative estimate of drug-likeness (QED) is 0.345. The largest absolute Gasteiger partial charge is 0.506 e. The lowest BCUT2D eigenvalue weighted by Gasteiger charge is -2.18. The van der Waals surface area contributed by atoms with Crippen LogP contribution in [0.25, 0.3) is 0 Å². The van der Waals surface area contributed by atoms with Crippen LogP contribution < -0.4 is 16.6 Å². The predicted octanol–water partition coefficient (Wildman–Crippen LogP) is 3.81. The van der Waals surface area contributed by atoms with Crippen molar-refractivity contribution in [3.8, 4) is 5.75 Å². The SMILES string of the molecule is N/C(=C\N(N)c1ccc(Cl)cc1O)CC(O)c1ccc(C(F)(F)F)cc1F. The molecule has 0 spiro atoms. The van der Waals surface area contributed by atoms with Crippen LogP contribution in [0.2, 0.25) is 5.02 Å². The number of aromatic hydroxyl groups is 1. The first-order chi connectivity index (χ1) is 12.5. The highest BCUT2D eigenvalue weighted by Gasteiger charge is 2.31. The van der Waals surface area contributed by atoms with Gasteiger partial charge < -0.3 is 15.9 Å². The Labute approximate surface area is 157 Å². The first kappa shape index (κ1) is 20.8. The zero-order chi connectivity index (χ0) is 20.4. The van der Waals surface area contributed by atoms with Crippen molar-refractivity contribution < 1.29 is 27.8 Å². The number of aliphatic hydroxyl groups is 1. The molecule has 1 unspecified atom stereocenters. The maximum Gasteiger partial charge on any atom is 0.416 e. The Morgan fingerprint density at radius 3 is 2.44 bits per heavy atom. The average Bonchev–Trinajstić information content (AvgIpc) is 2.53. The van der Waals surface area contributed by atoms with Crippen LogP contribution in [-0.2, 0) is 6.18 Å². The highest BCUT2D eigenvalue weighted by molar-refractivity contribution is 6.30. The number of rotatable bonds is 5. The van der Waals surface area contributed by atoms with Crippen LogP contribution in [0, 0.1) is 5.82 Å². The molecular formula is C17H16ClF4N3O2. The Morgan fingerprint density at radius 2 is 1.89 bits per heavy atom. The summed E-state index contributed by atoms with van der Waals surface area (Å²) in [7, 11) is 0. The summed E-state index contributed by atoms with van der Waals surface area (Å²) in [5.41, 5.74) is 4.41. The smallest absolute Gasteiger partial charge is 0.416 e. The Hall–Kier alpha value is -2.49. The summed E-state index contributed by atoms with van der Waals surface area (Å²) >= 11 is 5.72. The van der Waals surface area contributed by atoms with Gasteiger partial charge in [-0.25, -0.2) is 10.2 Å². The van der Waals surface area contributed by atoms with Crippen molar-refractivity contribution in [1.82, 2.24) is 0 Å². The van der Waals surface area contributed by atoms with Gasteiger partial charge in [0.1, 0.15) is 11.6 Å². The van der Waals surface area contributed by atoms with Gasteiger partial charge in [-0.05, 0) is 24.3 Å². The number of anilines is 1. The molecule has 10 heteroatoms. The van der Waals surface area contributed by atoms with Gasteiger partial charge in [-0.15, -0.1) is 0 Å². The molecule has 146 valence electrons. The van der Waals surface area contributed by atoms with E-state index in [4.69, 9.17) is 23.2 Å². The summed E-state index contributed by atoms with van der Waals surface area (Å²) < 4.78 is 51.6. The second-order valence-electron chi connectivity index (χ2n) is 5.70. The number of phenolic OH excluding ortho intramolecular Hbond substituents is 1. The molecule has 6 N–H and O–H groups in total. The van der Waals surface area contributed by atoms with E-state index in [9.17, 15) is 27.8 Å². The molecular weight excluding hydrogens is 390 g/mol. The second kappa shape index (κ2) is 8.03. The van der Waals surface area contributed by atoms with Gasteiger partial charge in [0.05, 0.1) is 17.4 Å². The molecule has 5 nitrogen and oxygen atoms in total. The first-order valence-electron chi connectivity index (χ1n) is 7.52. The van der Waals surface area contributed by atoms with E-state index < -0.39 is 23.7 Å². The first-order valence-corrected chi connectivity index (χ1v) is 7.90. The van der Waals surface area contributed by atoms with Crippen LogP contribution in [-0.4, -0.2) is 10.2 Å². The Bertz CT molecular complexity index is 859. The lowest BCUT2D eigenvalue weighted by Crippen LogP contribution is -2.26. The Balaban J connectivity index is 2.14. The molecule has 0 aliphatic heterocycles. The van der Waals surface area contributed by atoms with Gasteiger partial charge in [0.25, 0.3) is 0 Å². The van der Waals surface area contributed by atoms with E-state index in [1.54, 1.807) is 0 Å². The molecule has 0 aromatic heterocycles. The summed E-state index contributed by atoms with van der Waals surface area (Å²) in [6.07, 6.45) is -5.31. The van der Waals surface area contributed by atoms with Crippen molar-refractivity contribution in [2.24, 2.45) is 11.6 Å². The van der Waals surface area contributed by atoms with Crippen molar-refractivity contribution in [1.29, 1.82) is 0 Å². The minimum atomic E-state index is -4.69. The van der Waals surface area contributed by atoms with Crippen molar-refractivity contribution in [3.05, 3.63) is 70.3 Å². The van der Waals surface area contributed by atoms with Crippen LogP contribution >= 0.6 is 11.6 Å². The van der Waals surface area contributed by atoms with E-state index in [0.717, 1.165) is 11.1 Å². The third-order valence-electron chi connectivity index (χ3n) is 3.64. The number of aliphatic hydroxyl groups excluding tert-OH is 1. The zero-order valence-corrected chi connectivity index (χ0v) is 14.5. The maximum absolute atomic E-state index is 13.9. The number of hydrogen-bond donors (Lipinski definition) is 4. The fourth-order valence-corrected chi connectivity index (χ4v) is 2.49. The van der Waals surface area contributed by atoms with Gasteiger partial charge in [0.15, 0.2) is 0 Å². The molecule has 0 heterocycles. The Kier molecular flexibility index (Phi) is 6.19. The van der Waals surface area contributed by atoms with Crippen LogP contribution in [0.15, 0.2) is 48.3 Å². The fourth-order valence-electron chi connectivity index (χ4n) is 2.32. The van der Waals surface area contributed by atoms with E-state index in [2.05, 4.69) is 0 Å². The molecule has 2 aromatic carbocycles. The number of benzene rings is 2. The predicted molar refractivity (Wildman–Crippen MR) is 93.0 cm³/mol. The van der Waals surface area contributed by atoms with Crippen LogP contribution in [0.5, 0.6) is 5.75 Å². The van der Waals surface area contributed by atoms with Crippen LogP contribution in [0.3, 0.4) is 0 Å². The minimum Gasteiger partial charge on any atom is -0.506 e. The average molecular weight is 406 g/mol. The Morgan fingerprint density at radius 1 is 1.22 bits per heavy atom. The van der Waals surface area contributed by atoms with Crippen LogP contribution in [0.1, 0.15) is 23.7 Å². The molecule has 0 aliphatic rings. The topological polar surface area (TPSA) is 95.7 Å². The fraction of sp³-hybridized carbons (Fsp3) is 0.176. The summed E-state index contributed by atoms with van der Waals surface area (Å²) in [5.74, 6) is 4.33. The number of nitrogens with zero attached hydrogens (tertiary/aromatic N) is 1. The second-order valence-corrected chi connectivity index (χ2v) is 6.13. The standard InChI is InChI=1S/C17H16ClF4N3O2/c18-10-2-4-14(16(27)6-10)25(24)8-11(23)7-15(26)12-3-1-9(5-13(12)19)17(20,21)22/h1-6,8,15,26-27H,7,23-24H2/b11-8-. The number of hydrogen-bond acceptors (Lipinski definition) is 5.